The third kappa shape index (κ3) is 2.26. The minimum atomic E-state index is -0.347. The van der Waals surface area contributed by atoms with Crippen molar-refractivity contribution in [2.75, 3.05) is 0 Å². The fourth-order valence-corrected chi connectivity index (χ4v) is 4.05. The first-order valence-corrected chi connectivity index (χ1v) is 9.17. The van der Waals surface area contributed by atoms with E-state index in [0.717, 1.165) is 0 Å². The van der Waals surface area contributed by atoms with Crippen molar-refractivity contribution in [2.24, 2.45) is 0 Å². The lowest BCUT2D eigenvalue weighted by atomic mass is 10.1. The van der Waals surface area contributed by atoms with Gasteiger partial charge in [0, 0.05) is 21.6 Å². The van der Waals surface area contributed by atoms with Gasteiger partial charge in [0.05, 0.1) is 23.4 Å². The number of fused-ring (bicyclic) bond motifs is 4. The summed E-state index contributed by atoms with van der Waals surface area (Å²) in [7, 11) is 0. The minimum absolute atomic E-state index is 0.141. The Morgan fingerprint density at radius 2 is 1.81 bits per heavy atom. The Balaban J connectivity index is 1.87. The van der Waals surface area contributed by atoms with Gasteiger partial charge in [-0.25, -0.2) is 4.39 Å². The van der Waals surface area contributed by atoms with Crippen molar-refractivity contribution < 1.29 is 9.18 Å². The van der Waals surface area contributed by atoms with Crippen molar-refractivity contribution in [2.45, 2.75) is 6.54 Å². The average molecular weight is 423 g/mol. The van der Waals surface area contributed by atoms with Gasteiger partial charge >= 0.3 is 0 Å². The molecule has 2 aromatic carbocycles. The zero-order valence-electron chi connectivity index (χ0n) is 13.9. The Kier molecular flexibility index (Phi) is 3.45. The second-order valence-electron chi connectivity index (χ2n) is 6.46. The van der Waals surface area contributed by atoms with Gasteiger partial charge in [-0.1, -0.05) is 34.1 Å². The maximum atomic E-state index is 14.5. The zero-order valence-corrected chi connectivity index (χ0v) is 15.5. The summed E-state index contributed by atoms with van der Waals surface area (Å²) in [6.07, 6.45) is 1.65. The summed E-state index contributed by atoms with van der Waals surface area (Å²) in [5.41, 5.74) is 2.19. The Labute approximate surface area is 161 Å². The van der Waals surface area contributed by atoms with Gasteiger partial charge < -0.3 is 4.57 Å². The van der Waals surface area contributed by atoms with Crippen LogP contribution < -0.4 is 5.43 Å². The van der Waals surface area contributed by atoms with Gasteiger partial charge in [0.1, 0.15) is 11.4 Å². The summed E-state index contributed by atoms with van der Waals surface area (Å²) >= 11 is 3.27. The van der Waals surface area contributed by atoms with Gasteiger partial charge in [0.2, 0.25) is 5.43 Å². The van der Waals surface area contributed by atoms with Gasteiger partial charge in [-0.3, -0.25) is 14.2 Å². The van der Waals surface area contributed by atoms with E-state index in [0.29, 0.717) is 32.3 Å². The summed E-state index contributed by atoms with van der Waals surface area (Å²) in [6.45, 7) is 0.209. The Bertz CT molecular complexity index is 1320. The van der Waals surface area contributed by atoms with Gasteiger partial charge in [-0.2, -0.15) is 0 Å². The predicted molar refractivity (Wildman–Crippen MR) is 105 cm³/mol. The maximum absolute atomic E-state index is 14.5. The Morgan fingerprint density at radius 3 is 2.63 bits per heavy atom. The van der Waals surface area contributed by atoms with Crippen LogP contribution >= 0.6 is 15.9 Å². The van der Waals surface area contributed by atoms with E-state index in [1.54, 1.807) is 42.6 Å². The quantitative estimate of drug-likeness (QED) is 0.422. The number of hydrogen-bond acceptors (Lipinski definition) is 2. The third-order valence-electron chi connectivity index (χ3n) is 4.94. The highest BCUT2D eigenvalue weighted by atomic mass is 79.9. The Morgan fingerprint density at radius 1 is 1.00 bits per heavy atom. The summed E-state index contributed by atoms with van der Waals surface area (Å²) in [6, 6.07) is 15.6. The molecule has 6 heteroatoms. The highest BCUT2D eigenvalue weighted by Gasteiger charge is 2.32. The van der Waals surface area contributed by atoms with E-state index in [2.05, 4.69) is 15.9 Å². The Hall–Kier alpha value is -2.99. The normalized spacial score (nSPS) is 12.4. The van der Waals surface area contributed by atoms with Crippen LogP contribution in [0.3, 0.4) is 0 Å². The van der Waals surface area contributed by atoms with Crippen LogP contribution in [0.5, 0.6) is 0 Å². The van der Waals surface area contributed by atoms with Crippen LogP contribution in [0.15, 0.2) is 70.1 Å². The van der Waals surface area contributed by atoms with Crippen molar-refractivity contribution in [3.8, 4) is 11.4 Å². The molecular formula is C21H12BrFN2O2. The number of para-hydroxylation sites is 1. The first kappa shape index (κ1) is 16.2. The molecule has 0 saturated heterocycles. The molecule has 4 aromatic rings. The first-order chi connectivity index (χ1) is 13.1. The fraction of sp³-hybridized carbons (Fsp3) is 0.0476. The van der Waals surface area contributed by atoms with Crippen molar-refractivity contribution >= 4 is 32.7 Å². The number of rotatable bonds is 2. The monoisotopic (exact) mass is 422 g/mol. The summed E-state index contributed by atoms with van der Waals surface area (Å²) in [4.78, 5) is 25.8. The molecule has 132 valence electrons. The number of carbonyl (C=O) groups is 1. The van der Waals surface area contributed by atoms with E-state index in [1.165, 1.54) is 10.6 Å². The van der Waals surface area contributed by atoms with Crippen molar-refractivity contribution in [1.29, 1.82) is 0 Å². The fourth-order valence-electron chi connectivity index (χ4n) is 3.72. The lowest BCUT2D eigenvalue weighted by Gasteiger charge is -2.16. The average Bonchev–Trinajstić information content (AvgIpc) is 3.23. The van der Waals surface area contributed by atoms with E-state index in [1.807, 2.05) is 16.7 Å². The van der Waals surface area contributed by atoms with E-state index >= 15 is 0 Å². The summed E-state index contributed by atoms with van der Waals surface area (Å²) < 4.78 is 18.5. The molecule has 0 radical (unpaired) electrons. The number of benzene rings is 2. The molecule has 27 heavy (non-hydrogen) atoms. The van der Waals surface area contributed by atoms with Gasteiger partial charge in [0.15, 0.2) is 0 Å². The van der Waals surface area contributed by atoms with Crippen LogP contribution in [-0.4, -0.2) is 15.0 Å². The van der Waals surface area contributed by atoms with Gasteiger partial charge in [-0.15, -0.1) is 0 Å². The molecule has 4 nitrogen and oxygen atoms in total. The number of hydrogen-bond donors (Lipinski definition) is 0. The molecule has 0 amide bonds. The minimum Gasteiger partial charge on any atom is -0.334 e. The number of pyridine rings is 1. The second-order valence-corrected chi connectivity index (χ2v) is 7.38. The second kappa shape index (κ2) is 5.76. The highest BCUT2D eigenvalue weighted by molar-refractivity contribution is 9.10. The van der Waals surface area contributed by atoms with Crippen LogP contribution in [0.25, 0.3) is 22.3 Å². The molecule has 0 aliphatic carbocycles. The number of halogens is 2. The van der Waals surface area contributed by atoms with Crippen molar-refractivity contribution in [1.82, 2.24) is 9.13 Å². The molecule has 1 aliphatic heterocycles. The topological polar surface area (TPSA) is 44.0 Å². The molecule has 0 unspecified atom stereocenters. The molecule has 2 aromatic heterocycles. The van der Waals surface area contributed by atoms with E-state index in [-0.39, 0.29) is 29.3 Å². The predicted octanol–water partition coefficient (Wildman–Crippen LogP) is 4.42. The third-order valence-corrected chi connectivity index (χ3v) is 5.43. The van der Waals surface area contributed by atoms with Gasteiger partial charge in [0.25, 0.3) is 5.91 Å². The lowest BCUT2D eigenvalue weighted by Crippen LogP contribution is -2.20. The lowest BCUT2D eigenvalue weighted by molar-refractivity contribution is 0.0968. The van der Waals surface area contributed by atoms with Gasteiger partial charge in [-0.05, 0) is 36.4 Å². The standard InChI is InChI=1S/C21H12BrFN2O2/c22-13-8-7-12(15(23)10-13)11-25-16-5-2-1-4-14(16)20(26)18-19(25)17-6-3-9-24(17)21(18)27/h1-10H,11H2. The van der Waals surface area contributed by atoms with Crippen molar-refractivity contribution in [3.63, 3.8) is 0 Å². The SMILES string of the molecule is O=C1c2c(n(Cc3ccc(Br)cc3F)c3ccccc3c2=O)-c2cccn21. The molecule has 5 rings (SSSR count). The molecule has 0 saturated carbocycles. The van der Waals surface area contributed by atoms with E-state index in [4.69, 9.17) is 0 Å². The number of carbonyl (C=O) groups excluding carboxylic acids is 1. The number of aromatic nitrogens is 2. The molecular weight excluding hydrogens is 411 g/mol. The molecule has 0 N–H and O–H groups in total. The van der Waals surface area contributed by atoms with E-state index in [9.17, 15) is 14.0 Å². The molecule has 0 atom stereocenters. The molecule has 1 aliphatic rings. The van der Waals surface area contributed by atoms with E-state index < -0.39 is 0 Å². The van der Waals surface area contributed by atoms with Crippen LogP contribution in [0.2, 0.25) is 0 Å². The maximum Gasteiger partial charge on any atom is 0.268 e. The molecule has 0 fully saturated rings. The molecule has 0 spiro atoms. The van der Waals surface area contributed by atoms with Crippen LogP contribution in [-0.2, 0) is 6.54 Å². The van der Waals surface area contributed by atoms with Crippen LogP contribution in [0.4, 0.5) is 4.39 Å². The first-order valence-electron chi connectivity index (χ1n) is 8.38. The van der Waals surface area contributed by atoms with Crippen LogP contribution in [0.1, 0.15) is 15.9 Å². The van der Waals surface area contributed by atoms with Crippen molar-refractivity contribution in [3.05, 3.63) is 92.4 Å². The zero-order chi connectivity index (χ0) is 18.7. The summed E-state index contributed by atoms with van der Waals surface area (Å²) in [5.74, 6) is -0.689. The number of nitrogens with zero attached hydrogens (tertiary/aromatic N) is 2. The largest absolute Gasteiger partial charge is 0.334 e. The summed E-state index contributed by atoms with van der Waals surface area (Å²) in [5, 5.41) is 0.452. The molecule has 0 bridgehead atoms. The highest BCUT2D eigenvalue weighted by Crippen LogP contribution is 2.33. The van der Waals surface area contributed by atoms with Crippen LogP contribution in [0, 0.1) is 5.82 Å². The smallest absolute Gasteiger partial charge is 0.268 e. The molecule has 3 heterocycles.